The van der Waals surface area contributed by atoms with Crippen LogP contribution in [-0.4, -0.2) is 9.91 Å². The number of nitro benzene ring substituents is 1. The molecule has 0 fully saturated rings. The Balaban J connectivity index is 1.76. The monoisotopic (exact) mass is 384 g/mol. The van der Waals surface area contributed by atoms with Crippen LogP contribution in [0.3, 0.4) is 0 Å². The van der Waals surface area contributed by atoms with Gasteiger partial charge in [0.15, 0.2) is 0 Å². The van der Waals surface area contributed by atoms with Crippen molar-refractivity contribution in [2.45, 2.75) is 0 Å². The number of nitrogens with zero attached hydrogens (tertiary/aromatic N) is 2. The van der Waals surface area contributed by atoms with Crippen molar-refractivity contribution in [1.29, 1.82) is 0 Å². The molecule has 0 unspecified atom stereocenters. The van der Waals surface area contributed by atoms with Gasteiger partial charge in [0.1, 0.15) is 10.6 Å². The summed E-state index contributed by atoms with van der Waals surface area (Å²) in [5, 5.41) is 14.3. The average molecular weight is 385 g/mol. The Hall–Kier alpha value is -3.03. The van der Waals surface area contributed by atoms with Gasteiger partial charge in [-0.2, -0.15) is 0 Å². The van der Waals surface area contributed by atoms with Crippen molar-refractivity contribution in [3.05, 3.63) is 79.5 Å². The summed E-state index contributed by atoms with van der Waals surface area (Å²) in [4.78, 5) is 27.0. The van der Waals surface area contributed by atoms with Gasteiger partial charge in [-0.25, -0.2) is 9.78 Å². The summed E-state index contributed by atoms with van der Waals surface area (Å²) in [6.07, 6.45) is 0. The molecule has 128 valence electrons. The lowest BCUT2D eigenvalue weighted by Crippen LogP contribution is -2.02. The number of non-ortho nitro benzene ring substituents is 1. The molecule has 4 aromatic rings. The SMILES string of the molecule is O=c1oc2ccc(Cl)cc2cc1-c1nc(-c2ccc([N+](=O)[O-])cc2)cs1. The zero-order valence-electron chi connectivity index (χ0n) is 13.0. The first-order chi connectivity index (χ1) is 12.5. The number of nitro groups is 1. The van der Waals surface area contributed by atoms with Crippen LogP contribution in [0.4, 0.5) is 5.69 Å². The van der Waals surface area contributed by atoms with Gasteiger partial charge in [0.25, 0.3) is 5.69 Å². The standard InChI is InChI=1S/C18H9ClN2O4S/c19-12-3-6-16-11(7-12)8-14(18(22)25-16)17-20-15(9-26-17)10-1-4-13(5-2-10)21(23)24/h1-9H. The Morgan fingerprint density at radius 3 is 2.62 bits per heavy atom. The fraction of sp³-hybridized carbons (Fsp3) is 0. The third-order valence-electron chi connectivity index (χ3n) is 3.80. The first-order valence-corrected chi connectivity index (χ1v) is 8.71. The van der Waals surface area contributed by atoms with E-state index in [1.807, 2.05) is 0 Å². The molecule has 0 spiro atoms. The molecule has 6 nitrogen and oxygen atoms in total. The van der Waals surface area contributed by atoms with E-state index in [1.54, 1.807) is 41.8 Å². The highest BCUT2D eigenvalue weighted by molar-refractivity contribution is 7.13. The maximum atomic E-state index is 12.3. The lowest BCUT2D eigenvalue weighted by molar-refractivity contribution is -0.384. The van der Waals surface area contributed by atoms with Gasteiger partial charge in [0.05, 0.1) is 16.2 Å². The minimum absolute atomic E-state index is 0.0104. The average Bonchev–Trinajstić information content (AvgIpc) is 3.11. The highest BCUT2D eigenvalue weighted by atomic mass is 35.5. The predicted molar refractivity (Wildman–Crippen MR) is 101 cm³/mol. The summed E-state index contributed by atoms with van der Waals surface area (Å²) in [6, 6.07) is 12.8. The van der Waals surface area contributed by atoms with Crippen molar-refractivity contribution in [3.63, 3.8) is 0 Å². The van der Waals surface area contributed by atoms with Crippen LogP contribution < -0.4 is 5.63 Å². The van der Waals surface area contributed by atoms with Crippen molar-refractivity contribution in [1.82, 2.24) is 4.98 Å². The molecule has 0 atom stereocenters. The van der Waals surface area contributed by atoms with Crippen molar-refractivity contribution in [2.75, 3.05) is 0 Å². The lowest BCUT2D eigenvalue weighted by Gasteiger charge is -2.00. The summed E-state index contributed by atoms with van der Waals surface area (Å²) in [6.45, 7) is 0. The molecule has 2 heterocycles. The Kier molecular flexibility index (Phi) is 4.02. The second-order valence-corrected chi connectivity index (χ2v) is 6.77. The lowest BCUT2D eigenvalue weighted by atomic mass is 10.1. The molecular formula is C18H9ClN2O4S. The molecule has 26 heavy (non-hydrogen) atoms. The fourth-order valence-corrected chi connectivity index (χ4v) is 3.54. The smallest absolute Gasteiger partial charge is 0.346 e. The molecule has 4 rings (SSSR count). The molecule has 8 heteroatoms. The van der Waals surface area contributed by atoms with E-state index >= 15 is 0 Å². The van der Waals surface area contributed by atoms with Crippen LogP contribution in [-0.2, 0) is 0 Å². The molecule has 2 aromatic heterocycles. The molecule has 0 bridgehead atoms. The van der Waals surface area contributed by atoms with Crippen LogP contribution in [0, 0.1) is 10.1 Å². The second kappa shape index (κ2) is 6.36. The maximum Gasteiger partial charge on any atom is 0.346 e. The molecule has 0 aliphatic carbocycles. The molecule has 0 aliphatic rings. The zero-order chi connectivity index (χ0) is 18.3. The van der Waals surface area contributed by atoms with Crippen molar-refractivity contribution in [3.8, 4) is 21.8 Å². The summed E-state index contributed by atoms with van der Waals surface area (Å²) in [7, 11) is 0. The second-order valence-electron chi connectivity index (χ2n) is 5.47. The van der Waals surface area contributed by atoms with E-state index in [-0.39, 0.29) is 5.69 Å². The molecule has 0 N–H and O–H groups in total. The Morgan fingerprint density at radius 1 is 1.12 bits per heavy atom. The molecule has 0 saturated heterocycles. The normalized spacial score (nSPS) is 11.0. The molecule has 0 saturated carbocycles. The van der Waals surface area contributed by atoms with Gasteiger partial charge >= 0.3 is 5.63 Å². The van der Waals surface area contributed by atoms with Crippen LogP contribution in [0.5, 0.6) is 0 Å². The minimum Gasteiger partial charge on any atom is -0.422 e. The number of thiazole rings is 1. The van der Waals surface area contributed by atoms with E-state index in [4.69, 9.17) is 16.0 Å². The number of fused-ring (bicyclic) bond motifs is 1. The topological polar surface area (TPSA) is 86.2 Å². The van der Waals surface area contributed by atoms with Crippen LogP contribution in [0.2, 0.25) is 5.02 Å². The van der Waals surface area contributed by atoms with Crippen LogP contribution in [0.15, 0.2) is 63.1 Å². The number of benzene rings is 2. The number of halogens is 1. The zero-order valence-corrected chi connectivity index (χ0v) is 14.6. The molecular weight excluding hydrogens is 376 g/mol. The third kappa shape index (κ3) is 2.98. The number of aromatic nitrogens is 1. The minimum atomic E-state index is -0.482. The van der Waals surface area contributed by atoms with E-state index in [0.29, 0.717) is 32.3 Å². The van der Waals surface area contributed by atoms with Crippen LogP contribution in [0.1, 0.15) is 0 Å². The predicted octanol–water partition coefficient (Wildman–Crippen LogP) is 5.15. The number of hydrogen-bond donors (Lipinski definition) is 0. The highest BCUT2D eigenvalue weighted by Crippen LogP contribution is 2.30. The largest absolute Gasteiger partial charge is 0.422 e. The van der Waals surface area contributed by atoms with E-state index in [1.165, 1.54) is 23.5 Å². The molecule has 0 radical (unpaired) electrons. The van der Waals surface area contributed by atoms with Gasteiger partial charge in [0, 0.05) is 33.5 Å². The summed E-state index contributed by atoms with van der Waals surface area (Å²) in [5.74, 6) is 0. The van der Waals surface area contributed by atoms with Gasteiger partial charge in [-0.05, 0) is 36.4 Å². The molecule has 0 aliphatic heterocycles. The number of rotatable bonds is 3. The molecule has 2 aromatic carbocycles. The van der Waals surface area contributed by atoms with Crippen LogP contribution in [0.25, 0.3) is 32.8 Å². The number of hydrogen-bond acceptors (Lipinski definition) is 6. The highest BCUT2D eigenvalue weighted by Gasteiger charge is 2.14. The van der Waals surface area contributed by atoms with Crippen molar-refractivity contribution < 1.29 is 9.34 Å². The summed E-state index contributed by atoms with van der Waals surface area (Å²) in [5.41, 5.74) is 1.69. The molecule has 0 amide bonds. The maximum absolute atomic E-state index is 12.3. The van der Waals surface area contributed by atoms with Gasteiger partial charge in [-0.15, -0.1) is 11.3 Å². The van der Waals surface area contributed by atoms with Gasteiger partial charge < -0.3 is 4.42 Å². The van der Waals surface area contributed by atoms with Crippen molar-refractivity contribution >= 4 is 39.6 Å². The Labute approximate surface area is 155 Å². The van der Waals surface area contributed by atoms with E-state index in [2.05, 4.69) is 4.98 Å². The van der Waals surface area contributed by atoms with Crippen LogP contribution >= 0.6 is 22.9 Å². The fourth-order valence-electron chi connectivity index (χ4n) is 2.53. The Bertz CT molecular complexity index is 1200. The quantitative estimate of drug-likeness (QED) is 0.277. The first-order valence-electron chi connectivity index (χ1n) is 7.45. The van der Waals surface area contributed by atoms with E-state index in [9.17, 15) is 14.9 Å². The van der Waals surface area contributed by atoms with Gasteiger partial charge in [0.2, 0.25) is 0 Å². The van der Waals surface area contributed by atoms with Gasteiger partial charge in [-0.1, -0.05) is 11.6 Å². The van der Waals surface area contributed by atoms with E-state index in [0.717, 1.165) is 5.56 Å². The third-order valence-corrected chi connectivity index (χ3v) is 4.91. The van der Waals surface area contributed by atoms with Crippen molar-refractivity contribution in [2.24, 2.45) is 0 Å². The first kappa shape index (κ1) is 16.4. The van der Waals surface area contributed by atoms with Gasteiger partial charge in [-0.3, -0.25) is 10.1 Å². The Morgan fingerprint density at radius 2 is 1.88 bits per heavy atom. The summed E-state index contributed by atoms with van der Waals surface area (Å²) >= 11 is 7.29. The summed E-state index contributed by atoms with van der Waals surface area (Å²) < 4.78 is 5.34. The van der Waals surface area contributed by atoms with E-state index < -0.39 is 10.5 Å².